The fourth-order valence-electron chi connectivity index (χ4n) is 4.21. The molecule has 2 aromatic carbocycles. The zero-order valence-corrected chi connectivity index (χ0v) is 17.8. The first-order chi connectivity index (χ1) is 15.9. The molecule has 0 aromatic heterocycles. The number of halogens is 1. The maximum absolute atomic E-state index is 13.0. The normalized spacial score (nSPS) is 20.3. The van der Waals surface area contributed by atoms with Crippen LogP contribution < -0.4 is 5.32 Å². The van der Waals surface area contributed by atoms with Gasteiger partial charge in [0.1, 0.15) is 11.9 Å². The third kappa shape index (κ3) is 5.00. The molecule has 1 saturated heterocycles. The third-order valence-corrected chi connectivity index (χ3v) is 5.87. The Morgan fingerprint density at radius 3 is 2.18 bits per heavy atom. The molecule has 7 nitrogen and oxygen atoms in total. The fraction of sp³-hybridized carbons (Fsp3) is 0.280. The molecule has 1 fully saturated rings. The minimum Gasteiger partial charge on any atom is -0.454 e. The van der Waals surface area contributed by atoms with Crippen LogP contribution in [0.5, 0.6) is 0 Å². The molecule has 0 unspecified atom stereocenters. The van der Waals surface area contributed by atoms with Crippen LogP contribution in [0.25, 0.3) is 0 Å². The van der Waals surface area contributed by atoms with Crippen LogP contribution in [0.15, 0.2) is 66.7 Å². The SMILES string of the molecule is O=C(COC(=O)[C@H](Cc1ccccc1)N1C(=O)[C@H]2CC=CC[C@H]2C1=O)Nc1ccc(F)cc1. The number of rotatable bonds is 7. The van der Waals surface area contributed by atoms with Crippen molar-refractivity contribution in [1.82, 2.24) is 4.90 Å². The van der Waals surface area contributed by atoms with Gasteiger partial charge >= 0.3 is 5.97 Å². The smallest absolute Gasteiger partial charge is 0.330 e. The number of carbonyl (C=O) groups excluding carboxylic acids is 4. The van der Waals surface area contributed by atoms with Crippen LogP contribution >= 0.6 is 0 Å². The lowest BCUT2D eigenvalue weighted by Crippen LogP contribution is -2.48. The maximum atomic E-state index is 13.0. The predicted octanol–water partition coefficient (Wildman–Crippen LogP) is 2.87. The maximum Gasteiger partial charge on any atom is 0.330 e. The van der Waals surface area contributed by atoms with Crippen molar-refractivity contribution in [1.29, 1.82) is 0 Å². The van der Waals surface area contributed by atoms with E-state index in [1.165, 1.54) is 24.3 Å². The van der Waals surface area contributed by atoms with Gasteiger partial charge in [-0.05, 0) is 42.7 Å². The number of nitrogens with zero attached hydrogens (tertiary/aromatic N) is 1. The second kappa shape index (κ2) is 9.77. The molecule has 1 aliphatic heterocycles. The molecule has 3 amide bonds. The van der Waals surface area contributed by atoms with Gasteiger partial charge in [-0.1, -0.05) is 42.5 Å². The van der Waals surface area contributed by atoms with Gasteiger partial charge in [-0.2, -0.15) is 0 Å². The summed E-state index contributed by atoms with van der Waals surface area (Å²) in [7, 11) is 0. The van der Waals surface area contributed by atoms with Gasteiger partial charge in [-0.25, -0.2) is 9.18 Å². The molecular weight excluding hydrogens is 427 g/mol. The number of amides is 3. The van der Waals surface area contributed by atoms with Gasteiger partial charge in [-0.15, -0.1) is 0 Å². The summed E-state index contributed by atoms with van der Waals surface area (Å²) < 4.78 is 18.2. The predicted molar refractivity (Wildman–Crippen MR) is 117 cm³/mol. The molecule has 8 heteroatoms. The molecule has 2 aromatic rings. The van der Waals surface area contributed by atoms with Crippen molar-refractivity contribution in [3.05, 3.63) is 78.1 Å². The van der Waals surface area contributed by atoms with E-state index in [0.29, 0.717) is 18.5 Å². The van der Waals surface area contributed by atoms with E-state index in [1.807, 2.05) is 18.2 Å². The molecule has 1 N–H and O–H groups in total. The first-order valence-electron chi connectivity index (χ1n) is 10.7. The van der Waals surface area contributed by atoms with E-state index in [9.17, 15) is 23.6 Å². The van der Waals surface area contributed by atoms with Gasteiger partial charge in [0.15, 0.2) is 6.61 Å². The Morgan fingerprint density at radius 1 is 0.970 bits per heavy atom. The van der Waals surface area contributed by atoms with Crippen molar-refractivity contribution >= 4 is 29.4 Å². The highest BCUT2D eigenvalue weighted by atomic mass is 19.1. The Bertz CT molecular complexity index is 1060. The summed E-state index contributed by atoms with van der Waals surface area (Å²) in [5.41, 5.74) is 1.10. The Kier molecular flexibility index (Phi) is 6.63. The second-order valence-corrected chi connectivity index (χ2v) is 8.07. The zero-order valence-electron chi connectivity index (χ0n) is 17.8. The summed E-state index contributed by atoms with van der Waals surface area (Å²) in [6, 6.07) is 13.0. The number of nitrogens with one attached hydrogen (secondary N) is 1. The number of allylic oxidation sites excluding steroid dienone is 2. The molecule has 1 heterocycles. The summed E-state index contributed by atoms with van der Waals surface area (Å²) in [5.74, 6) is -3.62. The lowest BCUT2D eigenvalue weighted by atomic mass is 9.85. The Labute approximate surface area is 190 Å². The van der Waals surface area contributed by atoms with Gasteiger partial charge in [0.25, 0.3) is 5.91 Å². The van der Waals surface area contributed by atoms with Crippen molar-refractivity contribution in [2.75, 3.05) is 11.9 Å². The molecule has 170 valence electrons. The lowest BCUT2D eigenvalue weighted by Gasteiger charge is -2.25. The molecule has 3 atom stereocenters. The average molecular weight is 450 g/mol. The first-order valence-corrected chi connectivity index (χ1v) is 10.7. The van der Waals surface area contributed by atoms with Crippen LogP contribution in [0.4, 0.5) is 10.1 Å². The van der Waals surface area contributed by atoms with Gasteiger partial charge in [0, 0.05) is 12.1 Å². The number of hydrogen-bond acceptors (Lipinski definition) is 5. The van der Waals surface area contributed by atoms with E-state index in [4.69, 9.17) is 4.74 Å². The van der Waals surface area contributed by atoms with E-state index in [0.717, 1.165) is 10.5 Å². The molecule has 0 radical (unpaired) electrons. The minimum atomic E-state index is -1.17. The monoisotopic (exact) mass is 450 g/mol. The number of ether oxygens (including phenoxy) is 1. The molecule has 0 spiro atoms. The van der Waals surface area contributed by atoms with Crippen molar-refractivity contribution < 1.29 is 28.3 Å². The molecular formula is C25H23FN2O5. The molecule has 1 aliphatic carbocycles. The minimum absolute atomic E-state index is 0.0869. The van der Waals surface area contributed by atoms with Gasteiger partial charge < -0.3 is 10.1 Å². The number of fused-ring (bicyclic) bond motifs is 1. The van der Waals surface area contributed by atoms with E-state index in [-0.39, 0.29) is 18.2 Å². The summed E-state index contributed by atoms with van der Waals surface area (Å²) in [6.07, 6.45) is 4.75. The number of carbonyl (C=O) groups is 4. The summed E-state index contributed by atoms with van der Waals surface area (Å²) in [5, 5.41) is 2.50. The number of hydrogen-bond donors (Lipinski definition) is 1. The molecule has 2 aliphatic rings. The third-order valence-electron chi connectivity index (χ3n) is 5.87. The number of benzene rings is 2. The second-order valence-electron chi connectivity index (χ2n) is 8.07. The highest BCUT2D eigenvalue weighted by Gasteiger charge is 2.51. The highest BCUT2D eigenvalue weighted by Crippen LogP contribution is 2.36. The molecule has 0 bridgehead atoms. The number of esters is 1. The lowest BCUT2D eigenvalue weighted by molar-refractivity contribution is -0.159. The van der Waals surface area contributed by atoms with E-state index < -0.39 is 42.2 Å². The number of likely N-dealkylation sites (tertiary alicyclic amines) is 1. The van der Waals surface area contributed by atoms with Crippen molar-refractivity contribution in [3.8, 4) is 0 Å². The topological polar surface area (TPSA) is 92.8 Å². The zero-order chi connectivity index (χ0) is 23.4. The van der Waals surface area contributed by atoms with Crippen molar-refractivity contribution in [3.63, 3.8) is 0 Å². The van der Waals surface area contributed by atoms with Crippen LogP contribution in [-0.2, 0) is 30.3 Å². The standard InChI is InChI=1S/C25H23FN2O5/c26-17-10-12-18(13-11-17)27-22(29)15-33-25(32)21(14-16-6-2-1-3-7-16)28-23(30)19-8-4-5-9-20(19)24(28)31/h1-7,10-13,19-21H,8-9,14-15H2,(H,27,29)/t19-,20+,21-/m0/s1. The van der Waals surface area contributed by atoms with Gasteiger partial charge in [0.2, 0.25) is 11.8 Å². The Hall–Kier alpha value is -3.81. The Morgan fingerprint density at radius 2 is 1.58 bits per heavy atom. The van der Waals surface area contributed by atoms with E-state index in [2.05, 4.69) is 5.32 Å². The van der Waals surface area contributed by atoms with Crippen molar-refractivity contribution in [2.45, 2.75) is 25.3 Å². The average Bonchev–Trinajstić information content (AvgIpc) is 3.08. The van der Waals surface area contributed by atoms with Crippen LogP contribution in [0, 0.1) is 17.7 Å². The van der Waals surface area contributed by atoms with Crippen molar-refractivity contribution in [2.24, 2.45) is 11.8 Å². The number of imide groups is 1. The Balaban J connectivity index is 1.48. The van der Waals surface area contributed by atoms with E-state index in [1.54, 1.807) is 24.3 Å². The quantitative estimate of drug-likeness (QED) is 0.398. The molecule has 4 rings (SSSR count). The molecule has 33 heavy (non-hydrogen) atoms. The van der Waals surface area contributed by atoms with Gasteiger partial charge in [-0.3, -0.25) is 19.3 Å². The summed E-state index contributed by atoms with van der Waals surface area (Å²) in [4.78, 5) is 52.3. The fourth-order valence-corrected chi connectivity index (χ4v) is 4.21. The summed E-state index contributed by atoms with van der Waals surface area (Å²) >= 11 is 0. The highest BCUT2D eigenvalue weighted by molar-refractivity contribution is 6.08. The molecule has 0 saturated carbocycles. The van der Waals surface area contributed by atoms with Crippen LogP contribution in [0.1, 0.15) is 18.4 Å². The largest absolute Gasteiger partial charge is 0.454 e. The van der Waals surface area contributed by atoms with Crippen LogP contribution in [0.3, 0.4) is 0 Å². The number of anilines is 1. The first kappa shape index (κ1) is 22.4. The summed E-state index contributed by atoms with van der Waals surface area (Å²) in [6.45, 7) is -0.605. The van der Waals surface area contributed by atoms with E-state index >= 15 is 0 Å². The van der Waals surface area contributed by atoms with Gasteiger partial charge in [0.05, 0.1) is 11.8 Å². The van der Waals surface area contributed by atoms with Crippen LogP contribution in [0.2, 0.25) is 0 Å². The van der Waals surface area contributed by atoms with Crippen LogP contribution in [-0.4, -0.2) is 41.2 Å².